The van der Waals surface area contributed by atoms with Crippen molar-refractivity contribution in [1.29, 1.82) is 0 Å². The van der Waals surface area contributed by atoms with Gasteiger partial charge in [-0.15, -0.1) is 0 Å². The number of aliphatic hydroxyl groups is 1. The number of hydrogen-bond acceptors (Lipinski definition) is 3. The van der Waals surface area contributed by atoms with Gasteiger partial charge >= 0.3 is 0 Å². The molecule has 0 saturated carbocycles. The zero-order chi connectivity index (χ0) is 9.26. The van der Waals surface area contributed by atoms with Crippen molar-refractivity contribution in [2.24, 2.45) is 0 Å². The number of hydrazine groups is 1. The molecule has 2 unspecified atom stereocenters. The second kappa shape index (κ2) is 3.36. The van der Waals surface area contributed by atoms with Crippen LogP contribution in [0.3, 0.4) is 0 Å². The van der Waals surface area contributed by atoms with Crippen LogP contribution in [0.25, 0.3) is 0 Å². The molecule has 1 aromatic carbocycles. The summed E-state index contributed by atoms with van der Waals surface area (Å²) in [6.07, 6.45) is 0.368. The van der Waals surface area contributed by atoms with Gasteiger partial charge in [0, 0.05) is 12.5 Å². The highest BCUT2D eigenvalue weighted by atomic mass is 16.3. The third-order valence-corrected chi connectivity index (χ3v) is 2.26. The lowest BCUT2D eigenvalue weighted by Gasteiger charge is -2.22. The molecule has 1 aliphatic heterocycles. The van der Waals surface area contributed by atoms with Crippen LogP contribution in [0.2, 0.25) is 0 Å². The van der Waals surface area contributed by atoms with E-state index in [1.165, 1.54) is 0 Å². The van der Waals surface area contributed by atoms with Crippen LogP contribution >= 0.6 is 0 Å². The first kappa shape index (κ1) is 8.53. The van der Waals surface area contributed by atoms with E-state index in [1.54, 1.807) is 0 Å². The van der Waals surface area contributed by atoms with Gasteiger partial charge < -0.3 is 5.11 Å². The quantitative estimate of drug-likeness (QED) is 0.676. The minimum Gasteiger partial charge on any atom is -0.372 e. The summed E-state index contributed by atoms with van der Waals surface area (Å²) in [4.78, 5) is 0. The molecule has 1 saturated heterocycles. The molecule has 2 N–H and O–H groups in total. The van der Waals surface area contributed by atoms with E-state index < -0.39 is 6.23 Å². The molecule has 13 heavy (non-hydrogen) atoms. The molecule has 1 aromatic rings. The Morgan fingerprint density at radius 3 is 2.62 bits per heavy atom. The topological polar surface area (TPSA) is 35.5 Å². The predicted octanol–water partition coefficient (Wildman–Crippen LogP) is 1.11. The Labute approximate surface area is 78.0 Å². The maximum atomic E-state index is 9.68. The van der Waals surface area contributed by atoms with Crippen molar-refractivity contribution in [3.05, 3.63) is 30.3 Å². The average Bonchev–Trinajstić information content (AvgIpc) is 2.47. The summed E-state index contributed by atoms with van der Waals surface area (Å²) >= 11 is 0. The summed E-state index contributed by atoms with van der Waals surface area (Å²) in [5.41, 5.74) is 4.22. The van der Waals surface area contributed by atoms with Gasteiger partial charge in [0.1, 0.15) is 6.23 Å². The molecule has 0 spiro atoms. The minimum atomic E-state index is -0.405. The van der Waals surface area contributed by atoms with Crippen molar-refractivity contribution >= 4 is 5.69 Å². The summed E-state index contributed by atoms with van der Waals surface area (Å²) in [5, 5.41) is 11.5. The fourth-order valence-electron chi connectivity index (χ4n) is 1.63. The van der Waals surface area contributed by atoms with Crippen LogP contribution in [0.15, 0.2) is 30.3 Å². The van der Waals surface area contributed by atoms with Crippen LogP contribution in [0.1, 0.15) is 13.3 Å². The standard InChI is InChI=1S/C10H14N2O/c1-8-7-10(13)12(11-8)9-5-3-2-4-6-9/h2-6,8,10-11,13H,7H2,1H3. The zero-order valence-electron chi connectivity index (χ0n) is 7.64. The Morgan fingerprint density at radius 2 is 2.08 bits per heavy atom. The Kier molecular flexibility index (Phi) is 2.20. The van der Waals surface area contributed by atoms with E-state index in [2.05, 4.69) is 12.3 Å². The third-order valence-electron chi connectivity index (χ3n) is 2.26. The Morgan fingerprint density at radius 1 is 1.38 bits per heavy atom. The number of anilines is 1. The summed E-state index contributed by atoms with van der Waals surface area (Å²) in [6, 6.07) is 10.2. The van der Waals surface area contributed by atoms with Gasteiger partial charge in [-0.1, -0.05) is 18.2 Å². The molecule has 0 bridgehead atoms. The van der Waals surface area contributed by atoms with Gasteiger partial charge in [-0.2, -0.15) is 0 Å². The Hall–Kier alpha value is -1.06. The summed E-state index contributed by atoms with van der Waals surface area (Å²) in [7, 11) is 0. The highest BCUT2D eigenvalue weighted by molar-refractivity contribution is 5.46. The highest BCUT2D eigenvalue weighted by Crippen LogP contribution is 2.20. The minimum absolute atomic E-state index is 0.343. The highest BCUT2D eigenvalue weighted by Gasteiger charge is 2.26. The molecule has 1 aliphatic rings. The van der Waals surface area contributed by atoms with Gasteiger partial charge in [-0.05, 0) is 19.1 Å². The van der Waals surface area contributed by atoms with E-state index in [1.807, 2.05) is 35.3 Å². The largest absolute Gasteiger partial charge is 0.372 e. The zero-order valence-corrected chi connectivity index (χ0v) is 7.64. The van der Waals surface area contributed by atoms with E-state index in [0.717, 1.165) is 12.1 Å². The van der Waals surface area contributed by atoms with Gasteiger partial charge in [-0.3, -0.25) is 5.01 Å². The van der Waals surface area contributed by atoms with Gasteiger partial charge in [0.2, 0.25) is 0 Å². The van der Waals surface area contributed by atoms with Gasteiger partial charge in [0.15, 0.2) is 0 Å². The van der Waals surface area contributed by atoms with Crippen molar-refractivity contribution in [1.82, 2.24) is 5.43 Å². The third kappa shape index (κ3) is 1.66. The molecule has 2 rings (SSSR count). The van der Waals surface area contributed by atoms with E-state index in [4.69, 9.17) is 0 Å². The number of nitrogens with one attached hydrogen (secondary N) is 1. The van der Waals surface area contributed by atoms with Crippen molar-refractivity contribution in [2.75, 3.05) is 5.01 Å². The number of nitrogens with zero attached hydrogens (tertiary/aromatic N) is 1. The SMILES string of the molecule is CC1CC(O)N(c2ccccc2)N1. The van der Waals surface area contributed by atoms with E-state index in [0.29, 0.717) is 6.04 Å². The monoisotopic (exact) mass is 178 g/mol. The van der Waals surface area contributed by atoms with E-state index in [-0.39, 0.29) is 0 Å². The van der Waals surface area contributed by atoms with Crippen molar-refractivity contribution in [3.8, 4) is 0 Å². The van der Waals surface area contributed by atoms with Crippen LogP contribution in [0.4, 0.5) is 5.69 Å². The molecule has 1 fully saturated rings. The van der Waals surface area contributed by atoms with Gasteiger partial charge in [0.05, 0.1) is 5.69 Å². The summed E-state index contributed by atoms with van der Waals surface area (Å²) in [5.74, 6) is 0. The molecule has 0 radical (unpaired) electrons. The van der Waals surface area contributed by atoms with Crippen LogP contribution in [-0.4, -0.2) is 17.4 Å². The molecule has 0 amide bonds. The first-order valence-electron chi connectivity index (χ1n) is 4.56. The van der Waals surface area contributed by atoms with Gasteiger partial charge in [-0.25, -0.2) is 5.43 Å². The van der Waals surface area contributed by atoms with E-state index >= 15 is 0 Å². The molecule has 70 valence electrons. The predicted molar refractivity (Wildman–Crippen MR) is 52.1 cm³/mol. The van der Waals surface area contributed by atoms with Crippen molar-refractivity contribution in [2.45, 2.75) is 25.6 Å². The number of aliphatic hydroxyl groups excluding tert-OH is 1. The second-order valence-corrected chi connectivity index (χ2v) is 3.45. The molecule has 1 heterocycles. The summed E-state index contributed by atoms with van der Waals surface area (Å²) in [6.45, 7) is 2.06. The van der Waals surface area contributed by atoms with Crippen molar-refractivity contribution in [3.63, 3.8) is 0 Å². The number of benzene rings is 1. The number of para-hydroxylation sites is 1. The molecule has 0 aliphatic carbocycles. The van der Waals surface area contributed by atoms with Crippen LogP contribution < -0.4 is 10.4 Å². The normalized spacial score (nSPS) is 28.0. The van der Waals surface area contributed by atoms with E-state index in [9.17, 15) is 5.11 Å². The fraction of sp³-hybridized carbons (Fsp3) is 0.400. The average molecular weight is 178 g/mol. The maximum Gasteiger partial charge on any atom is 0.142 e. The van der Waals surface area contributed by atoms with Crippen LogP contribution in [-0.2, 0) is 0 Å². The van der Waals surface area contributed by atoms with Crippen LogP contribution in [0, 0.1) is 0 Å². The molecule has 0 aromatic heterocycles. The fourth-order valence-corrected chi connectivity index (χ4v) is 1.63. The van der Waals surface area contributed by atoms with Crippen molar-refractivity contribution < 1.29 is 5.11 Å². The first-order chi connectivity index (χ1) is 6.27. The molecular weight excluding hydrogens is 164 g/mol. The van der Waals surface area contributed by atoms with Crippen LogP contribution in [0.5, 0.6) is 0 Å². The Balaban J connectivity index is 2.18. The molecular formula is C10H14N2O. The molecule has 3 nitrogen and oxygen atoms in total. The lowest BCUT2D eigenvalue weighted by atomic mass is 10.2. The number of rotatable bonds is 1. The lowest BCUT2D eigenvalue weighted by molar-refractivity contribution is 0.181. The molecule has 3 heteroatoms. The van der Waals surface area contributed by atoms with Gasteiger partial charge in [0.25, 0.3) is 0 Å². The maximum absolute atomic E-state index is 9.68. The Bertz CT molecular complexity index is 276. The molecule has 2 atom stereocenters. The first-order valence-corrected chi connectivity index (χ1v) is 4.56. The summed E-state index contributed by atoms with van der Waals surface area (Å²) < 4.78 is 0. The number of hydrogen-bond donors (Lipinski definition) is 2. The lowest BCUT2D eigenvalue weighted by Crippen LogP contribution is -2.38. The smallest absolute Gasteiger partial charge is 0.142 e. The second-order valence-electron chi connectivity index (χ2n) is 3.45.